The first-order chi connectivity index (χ1) is 11.0. The van der Waals surface area contributed by atoms with E-state index in [1.54, 1.807) is 23.1 Å². The topological polar surface area (TPSA) is 54.0 Å². The summed E-state index contributed by atoms with van der Waals surface area (Å²) in [6.07, 6.45) is 0. The van der Waals surface area contributed by atoms with E-state index in [4.69, 9.17) is 9.47 Å². The van der Waals surface area contributed by atoms with Crippen molar-refractivity contribution in [1.82, 2.24) is 10.2 Å². The Hall–Kier alpha value is -1.44. The van der Waals surface area contributed by atoms with Crippen LogP contribution in [0.3, 0.4) is 0 Å². The summed E-state index contributed by atoms with van der Waals surface area (Å²) in [7, 11) is 1.51. The smallest absolute Gasteiger partial charge is 0.289 e. The Morgan fingerprint density at radius 1 is 1.30 bits per heavy atom. The van der Waals surface area contributed by atoms with Gasteiger partial charge in [0, 0.05) is 26.2 Å². The van der Waals surface area contributed by atoms with Crippen LogP contribution in [0.15, 0.2) is 18.2 Å². The lowest BCUT2D eigenvalue weighted by Crippen LogP contribution is -2.51. The third-order valence-electron chi connectivity index (χ3n) is 3.93. The van der Waals surface area contributed by atoms with E-state index in [0.29, 0.717) is 49.8 Å². The molecule has 1 aliphatic rings. The Bertz CT molecular complexity index is 508. The highest BCUT2D eigenvalue weighted by molar-refractivity contribution is 5.44. The van der Waals surface area contributed by atoms with E-state index < -0.39 is 18.6 Å². The predicted molar refractivity (Wildman–Crippen MR) is 83.4 cm³/mol. The van der Waals surface area contributed by atoms with Gasteiger partial charge in [-0.1, -0.05) is 6.07 Å². The number of alkyl halides is 2. The summed E-state index contributed by atoms with van der Waals surface area (Å²) in [6, 6.07) is 3.62. The molecule has 1 atom stereocenters. The molecule has 0 spiro atoms. The van der Waals surface area contributed by atoms with Gasteiger partial charge in [-0.05, 0) is 24.6 Å². The van der Waals surface area contributed by atoms with Gasteiger partial charge in [0.05, 0.1) is 13.7 Å². The van der Waals surface area contributed by atoms with Crippen LogP contribution in [-0.2, 0) is 0 Å². The third-order valence-corrected chi connectivity index (χ3v) is 3.93. The zero-order chi connectivity index (χ0) is 16.9. The molecule has 0 amide bonds. The van der Waals surface area contributed by atoms with Crippen molar-refractivity contribution in [2.24, 2.45) is 0 Å². The first kappa shape index (κ1) is 17.9. The summed E-state index contributed by atoms with van der Waals surface area (Å²) in [5.41, 5.74) is 0.412. The number of aliphatic hydroxyl groups is 1. The van der Waals surface area contributed by atoms with Crippen LogP contribution < -0.4 is 14.8 Å². The van der Waals surface area contributed by atoms with Gasteiger partial charge in [-0.2, -0.15) is 0 Å². The number of benzene rings is 1. The van der Waals surface area contributed by atoms with E-state index in [9.17, 15) is 13.9 Å². The van der Waals surface area contributed by atoms with Gasteiger partial charge in [-0.3, -0.25) is 4.90 Å². The van der Waals surface area contributed by atoms with Crippen molar-refractivity contribution in [3.05, 3.63) is 23.8 Å². The Labute approximate surface area is 135 Å². The van der Waals surface area contributed by atoms with Gasteiger partial charge in [0.2, 0.25) is 0 Å². The molecule has 0 aliphatic carbocycles. The van der Waals surface area contributed by atoms with E-state index in [2.05, 4.69) is 5.32 Å². The molecule has 0 saturated carbocycles. The standard InChI is InChI=1S/C16H24F2N2O3/c1-3-23-14-10-12(4-5-13(14)22-2)15(16(17,18)11-21)20-8-6-19-7-9-20/h4-5,10,15,19,21H,3,6-9,11H2,1-2H3/t15-/m0/s1. The fourth-order valence-electron chi connectivity index (χ4n) is 2.88. The highest BCUT2D eigenvalue weighted by Gasteiger charge is 2.44. The van der Waals surface area contributed by atoms with Gasteiger partial charge in [-0.25, -0.2) is 8.78 Å². The van der Waals surface area contributed by atoms with Gasteiger partial charge >= 0.3 is 0 Å². The lowest BCUT2D eigenvalue weighted by Gasteiger charge is -2.38. The second-order valence-electron chi connectivity index (χ2n) is 5.45. The summed E-state index contributed by atoms with van der Waals surface area (Å²) in [5, 5.41) is 12.3. The molecule has 5 nitrogen and oxygen atoms in total. The monoisotopic (exact) mass is 330 g/mol. The number of rotatable bonds is 7. The largest absolute Gasteiger partial charge is 0.493 e. The number of hydrogen-bond donors (Lipinski definition) is 2. The summed E-state index contributed by atoms with van der Waals surface area (Å²) in [6.45, 7) is 3.32. The van der Waals surface area contributed by atoms with Gasteiger partial charge in [0.15, 0.2) is 11.5 Å². The number of piperazine rings is 1. The van der Waals surface area contributed by atoms with Crippen molar-refractivity contribution in [3.63, 3.8) is 0 Å². The minimum Gasteiger partial charge on any atom is -0.493 e. The van der Waals surface area contributed by atoms with Crippen molar-refractivity contribution in [2.45, 2.75) is 18.9 Å². The Kier molecular flexibility index (Phi) is 6.15. The third kappa shape index (κ3) is 4.10. The number of nitrogens with one attached hydrogen (secondary N) is 1. The molecule has 7 heteroatoms. The molecule has 1 aromatic carbocycles. The van der Waals surface area contributed by atoms with Crippen LogP contribution >= 0.6 is 0 Å². The van der Waals surface area contributed by atoms with Crippen LogP contribution in [0.4, 0.5) is 8.78 Å². The van der Waals surface area contributed by atoms with E-state index in [0.717, 1.165) is 0 Å². The summed E-state index contributed by atoms with van der Waals surface area (Å²) in [4.78, 5) is 1.70. The first-order valence-corrected chi connectivity index (χ1v) is 7.77. The molecule has 0 unspecified atom stereocenters. The minimum atomic E-state index is -3.24. The average molecular weight is 330 g/mol. The normalized spacial score (nSPS) is 17.8. The van der Waals surface area contributed by atoms with Crippen molar-refractivity contribution in [2.75, 3.05) is 46.5 Å². The SMILES string of the molecule is CCOc1cc([C@H](N2CCNCC2)C(F)(F)CO)ccc1OC. The second-order valence-corrected chi connectivity index (χ2v) is 5.45. The number of nitrogens with zero attached hydrogens (tertiary/aromatic N) is 1. The highest BCUT2D eigenvalue weighted by Crippen LogP contribution is 2.39. The molecule has 0 aromatic heterocycles. The predicted octanol–water partition coefficient (Wildman–Crippen LogP) is 1.67. The van der Waals surface area contributed by atoms with Gasteiger partial charge < -0.3 is 19.9 Å². The number of ether oxygens (including phenoxy) is 2. The second kappa shape index (κ2) is 7.90. The quantitative estimate of drug-likeness (QED) is 0.796. The molecule has 23 heavy (non-hydrogen) atoms. The van der Waals surface area contributed by atoms with Crippen LogP contribution in [0, 0.1) is 0 Å². The molecule has 0 bridgehead atoms. The molecule has 130 valence electrons. The van der Waals surface area contributed by atoms with Crippen LogP contribution in [0.5, 0.6) is 11.5 Å². The highest BCUT2D eigenvalue weighted by atomic mass is 19.3. The van der Waals surface area contributed by atoms with Gasteiger partial charge in [-0.15, -0.1) is 0 Å². The lowest BCUT2D eigenvalue weighted by molar-refractivity contribution is -0.118. The molecule has 1 aromatic rings. The van der Waals surface area contributed by atoms with Crippen LogP contribution in [0.2, 0.25) is 0 Å². The fraction of sp³-hybridized carbons (Fsp3) is 0.625. The van der Waals surface area contributed by atoms with Crippen molar-refractivity contribution < 1.29 is 23.4 Å². The molecule has 2 N–H and O–H groups in total. The number of aliphatic hydroxyl groups excluding tert-OH is 1. The van der Waals surface area contributed by atoms with Gasteiger partial charge in [0.25, 0.3) is 5.92 Å². The Morgan fingerprint density at radius 2 is 2.00 bits per heavy atom. The molecular formula is C16H24F2N2O3. The molecule has 2 rings (SSSR count). The number of methoxy groups -OCH3 is 1. The molecule has 0 radical (unpaired) electrons. The van der Waals surface area contributed by atoms with Crippen molar-refractivity contribution >= 4 is 0 Å². The summed E-state index contributed by atoms with van der Waals surface area (Å²) >= 11 is 0. The summed E-state index contributed by atoms with van der Waals surface area (Å²) < 4.78 is 39.5. The maximum absolute atomic E-state index is 14.4. The van der Waals surface area contributed by atoms with Crippen molar-refractivity contribution in [1.29, 1.82) is 0 Å². The van der Waals surface area contributed by atoms with Crippen LogP contribution in [0.1, 0.15) is 18.5 Å². The van der Waals surface area contributed by atoms with Crippen LogP contribution in [-0.4, -0.2) is 62.4 Å². The zero-order valence-corrected chi connectivity index (χ0v) is 13.5. The van der Waals surface area contributed by atoms with E-state index in [-0.39, 0.29) is 0 Å². The lowest BCUT2D eigenvalue weighted by atomic mass is 9.97. The number of halogens is 2. The molecule has 1 fully saturated rings. The van der Waals surface area contributed by atoms with E-state index in [1.165, 1.54) is 7.11 Å². The molecule has 1 saturated heterocycles. The molecular weight excluding hydrogens is 306 g/mol. The minimum absolute atomic E-state index is 0.411. The van der Waals surface area contributed by atoms with Gasteiger partial charge in [0.1, 0.15) is 12.6 Å². The zero-order valence-electron chi connectivity index (χ0n) is 13.5. The average Bonchev–Trinajstić information content (AvgIpc) is 2.56. The van der Waals surface area contributed by atoms with Crippen molar-refractivity contribution in [3.8, 4) is 11.5 Å². The van der Waals surface area contributed by atoms with E-state index >= 15 is 0 Å². The fourth-order valence-corrected chi connectivity index (χ4v) is 2.88. The maximum Gasteiger partial charge on any atom is 0.289 e. The number of hydrogen-bond acceptors (Lipinski definition) is 5. The van der Waals surface area contributed by atoms with E-state index in [1.807, 2.05) is 6.92 Å². The molecule has 1 aliphatic heterocycles. The Morgan fingerprint density at radius 3 is 2.57 bits per heavy atom. The first-order valence-electron chi connectivity index (χ1n) is 7.77. The Balaban J connectivity index is 2.39. The summed E-state index contributed by atoms with van der Waals surface area (Å²) in [5.74, 6) is -2.31. The maximum atomic E-state index is 14.4. The van der Waals surface area contributed by atoms with Crippen LogP contribution in [0.25, 0.3) is 0 Å². The molecule has 1 heterocycles.